The first-order valence-corrected chi connectivity index (χ1v) is 6.31. The molecule has 0 spiro atoms. The highest BCUT2D eigenvalue weighted by atomic mass is 32.1. The fourth-order valence-electron chi connectivity index (χ4n) is 2.02. The Morgan fingerprint density at radius 1 is 1.35 bits per heavy atom. The Labute approximate surface area is 108 Å². The Kier molecular flexibility index (Phi) is 3.89. The number of rotatable bonds is 2. The van der Waals surface area contributed by atoms with Gasteiger partial charge in [-0.1, -0.05) is 23.8 Å². The first-order chi connectivity index (χ1) is 8.15. The maximum atomic E-state index is 12.1. The maximum absolute atomic E-state index is 12.1. The van der Waals surface area contributed by atoms with Crippen LogP contribution in [0.5, 0.6) is 0 Å². The zero-order valence-corrected chi connectivity index (χ0v) is 10.9. The predicted octanol–water partition coefficient (Wildman–Crippen LogP) is 2.70. The fourth-order valence-corrected chi connectivity index (χ4v) is 2.17. The molecule has 0 bridgehead atoms. The number of carbonyl (C=O) groups is 1. The summed E-state index contributed by atoms with van der Waals surface area (Å²) in [5.74, 6) is 0.212. The molecule has 0 unspecified atom stereocenters. The zero-order valence-electron chi connectivity index (χ0n) is 10.0. The van der Waals surface area contributed by atoms with Crippen LogP contribution < -0.4 is 0 Å². The third kappa shape index (κ3) is 3.37. The van der Waals surface area contributed by atoms with Gasteiger partial charge < -0.3 is 4.90 Å². The van der Waals surface area contributed by atoms with Gasteiger partial charge in [-0.3, -0.25) is 4.79 Å². The third-order valence-corrected chi connectivity index (χ3v) is 3.27. The van der Waals surface area contributed by atoms with Gasteiger partial charge in [0.15, 0.2) is 0 Å². The predicted molar refractivity (Wildman–Crippen MR) is 72.4 cm³/mol. The van der Waals surface area contributed by atoms with Gasteiger partial charge in [-0.2, -0.15) is 0 Å². The highest BCUT2D eigenvalue weighted by Gasteiger charge is 2.16. The molecule has 0 fully saturated rings. The topological polar surface area (TPSA) is 20.3 Å². The molecule has 0 aromatic heterocycles. The van der Waals surface area contributed by atoms with Crippen molar-refractivity contribution in [2.45, 2.75) is 24.7 Å². The molecular formula is C14H17NOS. The molecule has 2 nitrogen and oxygen atoms in total. The summed E-state index contributed by atoms with van der Waals surface area (Å²) in [6.45, 7) is 3.71. The van der Waals surface area contributed by atoms with Crippen LogP contribution in [-0.4, -0.2) is 23.9 Å². The molecule has 0 saturated carbocycles. The molecule has 2 rings (SSSR count). The smallest absolute Gasteiger partial charge is 0.227 e. The Bertz CT molecular complexity index is 436. The van der Waals surface area contributed by atoms with Crippen molar-refractivity contribution < 1.29 is 4.79 Å². The van der Waals surface area contributed by atoms with E-state index in [1.165, 1.54) is 5.57 Å². The van der Waals surface area contributed by atoms with Gasteiger partial charge in [-0.25, -0.2) is 0 Å². The van der Waals surface area contributed by atoms with E-state index in [-0.39, 0.29) is 5.91 Å². The lowest BCUT2D eigenvalue weighted by Crippen LogP contribution is -2.36. The van der Waals surface area contributed by atoms with Crippen molar-refractivity contribution in [1.29, 1.82) is 0 Å². The molecule has 0 N–H and O–H groups in total. The highest BCUT2D eigenvalue weighted by Crippen LogP contribution is 2.13. The molecule has 1 aromatic rings. The molecule has 1 heterocycles. The van der Waals surface area contributed by atoms with Crippen LogP contribution in [0.4, 0.5) is 0 Å². The summed E-state index contributed by atoms with van der Waals surface area (Å²) in [4.78, 5) is 14.9. The van der Waals surface area contributed by atoms with Crippen molar-refractivity contribution in [3.8, 4) is 0 Å². The molecule has 1 aliphatic rings. The standard InChI is InChI=1S/C14H17NOS/c1-11-3-2-8-15(10-11)14(16)9-12-4-6-13(17)7-5-12/h3-7,17H,2,8-10H2,1H3. The number of carbonyl (C=O) groups excluding carboxylic acids is 1. The molecule has 90 valence electrons. The van der Waals surface area contributed by atoms with E-state index in [0.29, 0.717) is 6.42 Å². The quantitative estimate of drug-likeness (QED) is 0.629. The van der Waals surface area contributed by atoms with Gasteiger partial charge in [0.25, 0.3) is 0 Å². The lowest BCUT2D eigenvalue weighted by Gasteiger charge is -2.26. The van der Waals surface area contributed by atoms with Crippen LogP contribution >= 0.6 is 12.6 Å². The Morgan fingerprint density at radius 2 is 2.06 bits per heavy atom. The lowest BCUT2D eigenvalue weighted by atomic mass is 10.1. The normalized spacial score (nSPS) is 15.6. The molecule has 0 radical (unpaired) electrons. The minimum absolute atomic E-state index is 0.212. The minimum Gasteiger partial charge on any atom is -0.338 e. The van der Waals surface area contributed by atoms with Crippen LogP contribution in [0.2, 0.25) is 0 Å². The average molecular weight is 247 g/mol. The highest BCUT2D eigenvalue weighted by molar-refractivity contribution is 7.80. The van der Waals surface area contributed by atoms with E-state index < -0.39 is 0 Å². The number of hydrogen-bond acceptors (Lipinski definition) is 2. The molecule has 3 heteroatoms. The summed E-state index contributed by atoms with van der Waals surface area (Å²) in [6, 6.07) is 7.78. The monoisotopic (exact) mass is 247 g/mol. The van der Waals surface area contributed by atoms with Crippen molar-refractivity contribution >= 4 is 18.5 Å². The zero-order chi connectivity index (χ0) is 12.3. The largest absolute Gasteiger partial charge is 0.338 e. The van der Waals surface area contributed by atoms with E-state index in [9.17, 15) is 4.79 Å². The van der Waals surface area contributed by atoms with Crippen LogP contribution in [0.25, 0.3) is 0 Å². The second-order valence-corrected chi connectivity index (χ2v) is 5.01. The van der Waals surface area contributed by atoms with Crippen molar-refractivity contribution in [3.63, 3.8) is 0 Å². The van der Waals surface area contributed by atoms with Gasteiger partial charge in [0.1, 0.15) is 0 Å². The van der Waals surface area contributed by atoms with Crippen molar-refractivity contribution in [1.82, 2.24) is 4.90 Å². The Balaban J connectivity index is 1.97. The van der Waals surface area contributed by atoms with Gasteiger partial charge in [0.05, 0.1) is 6.42 Å². The third-order valence-electron chi connectivity index (χ3n) is 2.98. The second-order valence-electron chi connectivity index (χ2n) is 4.50. The molecule has 1 amide bonds. The summed E-state index contributed by atoms with van der Waals surface area (Å²) < 4.78 is 0. The number of benzene rings is 1. The summed E-state index contributed by atoms with van der Waals surface area (Å²) in [5, 5.41) is 0. The number of amides is 1. The van der Waals surface area contributed by atoms with Crippen molar-refractivity contribution in [3.05, 3.63) is 41.5 Å². The van der Waals surface area contributed by atoms with Crippen molar-refractivity contribution in [2.75, 3.05) is 13.1 Å². The average Bonchev–Trinajstić information content (AvgIpc) is 2.32. The van der Waals surface area contributed by atoms with E-state index in [0.717, 1.165) is 30.0 Å². The molecule has 0 aliphatic carbocycles. The minimum atomic E-state index is 0.212. The molecule has 1 aromatic carbocycles. The summed E-state index contributed by atoms with van der Waals surface area (Å²) in [5.41, 5.74) is 2.34. The number of hydrogen-bond donors (Lipinski definition) is 1. The van der Waals surface area contributed by atoms with Gasteiger partial charge in [0, 0.05) is 18.0 Å². The first-order valence-electron chi connectivity index (χ1n) is 5.86. The number of nitrogens with zero attached hydrogens (tertiary/aromatic N) is 1. The molecule has 1 aliphatic heterocycles. The lowest BCUT2D eigenvalue weighted by molar-refractivity contribution is -0.130. The van der Waals surface area contributed by atoms with Crippen LogP contribution in [-0.2, 0) is 11.2 Å². The molecule has 17 heavy (non-hydrogen) atoms. The van der Waals surface area contributed by atoms with Gasteiger partial charge in [-0.05, 0) is 31.0 Å². The fraction of sp³-hybridized carbons (Fsp3) is 0.357. The van der Waals surface area contributed by atoms with Gasteiger partial charge in [0.2, 0.25) is 5.91 Å². The maximum Gasteiger partial charge on any atom is 0.227 e. The SMILES string of the molecule is CC1=CCCN(C(=O)Cc2ccc(S)cc2)C1. The summed E-state index contributed by atoms with van der Waals surface area (Å²) >= 11 is 4.23. The molecule has 0 saturated heterocycles. The Morgan fingerprint density at radius 3 is 2.71 bits per heavy atom. The van der Waals surface area contributed by atoms with E-state index in [1.807, 2.05) is 29.2 Å². The van der Waals surface area contributed by atoms with E-state index >= 15 is 0 Å². The Hall–Kier alpha value is -1.22. The summed E-state index contributed by atoms with van der Waals surface area (Å²) in [6.07, 6.45) is 3.67. The van der Waals surface area contributed by atoms with E-state index in [2.05, 4.69) is 25.6 Å². The second kappa shape index (κ2) is 5.41. The van der Waals surface area contributed by atoms with Crippen molar-refractivity contribution in [2.24, 2.45) is 0 Å². The van der Waals surface area contributed by atoms with Crippen LogP contribution in [0, 0.1) is 0 Å². The van der Waals surface area contributed by atoms with Crippen LogP contribution in [0.1, 0.15) is 18.9 Å². The van der Waals surface area contributed by atoms with E-state index in [4.69, 9.17) is 0 Å². The molecular weight excluding hydrogens is 230 g/mol. The summed E-state index contributed by atoms with van der Waals surface area (Å²) in [7, 11) is 0. The first kappa shape index (κ1) is 12.2. The van der Waals surface area contributed by atoms with E-state index in [1.54, 1.807) is 0 Å². The number of thiol groups is 1. The van der Waals surface area contributed by atoms with Gasteiger partial charge >= 0.3 is 0 Å². The van der Waals surface area contributed by atoms with Crippen LogP contribution in [0.3, 0.4) is 0 Å². The van der Waals surface area contributed by atoms with Crippen LogP contribution in [0.15, 0.2) is 40.8 Å². The molecule has 0 atom stereocenters. The van der Waals surface area contributed by atoms with Gasteiger partial charge in [-0.15, -0.1) is 12.6 Å².